The van der Waals surface area contributed by atoms with Gasteiger partial charge in [0.05, 0.1) is 18.3 Å². The molecule has 0 radical (unpaired) electrons. The summed E-state index contributed by atoms with van der Waals surface area (Å²) in [4.78, 5) is 6.84. The van der Waals surface area contributed by atoms with Gasteiger partial charge in [-0.2, -0.15) is 4.31 Å². The minimum absolute atomic E-state index is 0.128. The molecule has 0 saturated carbocycles. The fourth-order valence-electron chi connectivity index (χ4n) is 3.33. The number of aliphatic imine (C=N–C) groups is 1. The van der Waals surface area contributed by atoms with Crippen LogP contribution in [0.15, 0.2) is 21.8 Å². The van der Waals surface area contributed by atoms with E-state index in [1.165, 1.54) is 17.0 Å². The molecule has 3 rings (SSSR count). The molecule has 2 fully saturated rings. The van der Waals surface area contributed by atoms with E-state index in [9.17, 15) is 8.42 Å². The number of rotatable bonds is 6. The zero-order chi connectivity index (χ0) is 19.1. The van der Waals surface area contributed by atoms with E-state index < -0.39 is 10.0 Å². The second-order valence-electron chi connectivity index (χ2n) is 6.82. The second kappa shape index (κ2) is 9.52. The Hall–Kier alpha value is -1.65. The number of aromatic nitrogens is 1. The molecular weight excluding hydrogens is 370 g/mol. The average molecular weight is 400 g/mol. The van der Waals surface area contributed by atoms with Crippen molar-refractivity contribution in [3.63, 3.8) is 0 Å². The Kier molecular flexibility index (Phi) is 7.08. The molecule has 9 nitrogen and oxygen atoms in total. The van der Waals surface area contributed by atoms with Gasteiger partial charge in [-0.25, -0.2) is 8.42 Å². The maximum absolute atomic E-state index is 12.6. The molecule has 3 heterocycles. The predicted molar refractivity (Wildman–Crippen MR) is 102 cm³/mol. The topological polar surface area (TPSA) is 100 Å². The number of nitrogens with one attached hydrogen (secondary N) is 1. The average Bonchev–Trinajstić information content (AvgIpc) is 3.18. The van der Waals surface area contributed by atoms with Crippen LogP contribution in [0.2, 0.25) is 0 Å². The number of sulfonamides is 1. The van der Waals surface area contributed by atoms with Gasteiger partial charge in [-0.05, 0) is 26.2 Å². The quantitative estimate of drug-likeness (QED) is 0.554. The fraction of sp³-hybridized carbons (Fsp3) is 0.765. The molecule has 0 spiro atoms. The van der Waals surface area contributed by atoms with Crippen LogP contribution in [0.1, 0.15) is 31.9 Å². The lowest BCUT2D eigenvalue weighted by Crippen LogP contribution is -2.54. The van der Waals surface area contributed by atoms with Crippen LogP contribution in [0.3, 0.4) is 0 Å². The van der Waals surface area contributed by atoms with Crippen molar-refractivity contribution in [2.45, 2.75) is 38.0 Å². The monoisotopic (exact) mass is 399 g/mol. The first kappa shape index (κ1) is 20.1. The largest absolute Gasteiger partial charge is 0.376 e. The van der Waals surface area contributed by atoms with Crippen molar-refractivity contribution in [2.24, 2.45) is 4.99 Å². The molecule has 0 bridgehead atoms. The number of nitrogens with zero attached hydrogens (tertiary/aromatic N) is 4. The highest BCUT2D eigenvalue weighted by Gasteiger charge is 2.29. The van der Waals surface area contributed by atoms with Crippen molar-refractivity contribution in [2.75, 3.05) is 45.9 Å². The summed E-state index contributed by atoms with van der Waals surface area (Å²) in [6.45, 7) is 6.35. The first-order valence-electron chi connectivity index (χ1n) is 9.60. The third kappa shape index (κ3) is 5.66. The number of guanidine groups is 1. The van der Waals surface area contributed by atoms with Crippen molar-refractivity contribution < 1.29 is 17.7 Å². The summed E-state index contributed by atoms with van der Waals surface area (Å²) in [6.07, 6.45) is 4.95. The highest BCUT2D eigenvalue weighted by atomic mass is 32.2. The van der Waals surface area contributed by atoms with E-state index in [0.717, 1.165) is 32.0 Å². The Balaban J connectivity index is 1.55. The van der Waals surface area contributed by atoms with Crippen LogP contribution in [0.4, 0.5) is 0 Å². The van der Waals surface area contributed by atoms with E-state index in [0.29, 0.717) is 38.4 Å². The van der Waals surface area contributed by atoms with Gasteiger partial charge >= 0.3 is 0 Å². The second-order valence-corrected chi connectivity index (χ2v) is 8.79. The Labute approximate surface area is 160 Å². The smallest absolute Gasteiger partial charge is 0.220 e. The molecule has 10 heteroatoms. The summed E-state index contributed by atoms with van der Waals surface area (Å²) in [5.74, 6) is 0.705. The number of hydrogen-bond acceptors (Lipinski definition) is 6. The fourth-order valence-corrected chi connectivity index (χ4v) is 4.76. The molecule has 0 amide bonds. The van der Waals surface area contributed by atoms with E-state index in [1.807, 2.05) is 6.92 Å². The molecule has 27 heavy (non-hydrogen) atoms. The molecular formula is C17H29N5O4S. The van der Waals surface area contributed by atoms with Crippen LogP contribution >= 0.6 is 0 Å². The summed E-state index contributed by atoms with van der Waals surface area (Å²) in [7, 11) is -3.39. The molecule has 2 saturated heterocycles. The zero-order valence-corrected chi connectivity index (χ0v) is 16.7. The summed E-state index contributed by atoms with van der Waals surface area (Å²) in [6, 6.07) is 1.58. The highest BCUT2D eigenvalue weighted by Crippen LogP contribution is 2.15. The van der Waals surface area contributed by atoms with Crippen LogP contribution in [0.5, 0.6) is 0 Å². The third-order valence-corrected chi connectivity index (χ3v) is 6.62. The van der Waals surface area contributed by atoms with E-state index in [1.54, 1.807) is 6.07 Å². The van der Waals surface area contributed by atoms with Crippen molar-refractivity contribution in [1.29, 1.82) is 0 Å². The SMILES string of the molecule is CCNC(=NCC1CCCCO1)N1CCN(S(=O)(=O)Cc2ccon2)CC1. The lowest BCUT2D eigenvalue weighted by Gasteiger charge is -2.36. The van der Waals surface area contributed by atoms with Gasteiger partial charge in [0.25, 0.3) is 0 Å². The molecule has 2 aliphatic heterocycles. The number of piperazine rings is 1. The highest BCUT2D eigenvalue weighted by molar-refractivity contribution is 7.88. The zero-order valence-electron chi connectivity index (χ0n) is 15.8. The Morgan fingerprint density at radius 1 is 1.33 bits per heavy atom. The number of hydrogen-bond donors (Lipinski definition) is 1. The van der Waals surface area contributed by atoms with E-state index >= 15 is 0 Å². The molecule has 1 N–H and O–H groups in total. The van der Waals surface area contributed by atoms with Crippen LogP contribution in [0, 0.1) is 0 Å². The maximum atomic E-state index is 12.6. The molecule has 1 atom stereocenters. The molecule has 152 valence electrons. The molecule has 1 unspecified atom stereocenters. The molecule has 2 aliphatic rings. The molecule has 1 aromatic heterocycles. The first-order valence-corrected chi connectivity index (χ1v) is 11.2. The van der Waals surface area contributed by atoms with E-state index in [2.05, 4.69) is 15.4 Å². The van der Waals surface area contributed by atoms with Crippen molar-refractivity contribution >= 4 is 16.0 Å². The van der Waals surface area contributed by atoms with Gasteiger partial charge in [-0.15, -0.1) is 0 Å². The lowest BCUT2D eigenvalue weighted by atomic mass is 10.1. The lowest BCUT2D eigenvalue weighted by molar-refractivity contribution is 0.0223. The first-order chi connectivity index (χ1) is 13.1. The van der Waals surface area contributed by atoms with E-state index in [4.69, 9.17) is 14.3 Å². The maximum Gasteiger partial charge on any atom is 0.220 e. The van der Waals surface area contributed by atoms with Crippen LogP contribution in [-0.2, 0) is 20.5 Å². The van der Waals surface area contributed by atoms with Gasteiger partial charge in [-0.1, -0.05) is 5.16 Å². The van der Waals surface area contributed by atoms with Crippen LogP contribution in [-0.4, -0.2) is 80.7 Å². The Bertz CT molecular complexity index is 693. The molecule has 1 aromatic rings. The summed E-state index contributed by atoms with van der Waals surface area (Å²) in [5, 5.41) is 7.01. The summed E-state index contributed by atoms with van der Waals surface area (Å²) < 4.78 is 37.1. The van der Waals surface area contributed by atoms with Crippen molar-refractivity contribution in [3.05, 3.63) is 18.0 Å². The molecule has 0 aromatic carbocycles. The van der Waals surface area contributed by atoms with Crippen molar-refractivity contribution in [1.82, 2.24) is 19.7 Å². The summed E-state index contributed by atoms with van der Waals surface area (Å²) >= 11 is 0. The minimum atomic E-state index is -3.39. The Morgan fingerprint density at radius 3 is 2.78 bits per heavy atom. The third-order valence-electron chi connectivity index (χ3n) is 4.81. The van der Waals surface area contributed by atoms with Crippen LogP contribution in [0.25, 0.3) is 0 Å². The molecule has 0 aliphatic carbocycles. The standard InChI is InChI=1S/C17H29N5O4S/c1-2-18-17(19-13-16-5-3-4-11-25-16)21-7-9-22(10-8-21)27(23,24)14-15-6-12-26-20-15/h6,12,16H,2-5,7-11,13-14H2,1H3,(H,18,19). The Morgan fingerprint density at radius 2 is 2.15 bits per heavy atom. The minimum Gasteiger partial charge on any atom is -0.376 e. The van der Waals surface area contributed by atoms with Crippen LogP contribution < -0.4 is 5.32 Å². The van der Waals surface area contributed by atoms with Gasteiger partial charge in [0.2, 0.25) is 10.0 Å². The van der Waals surface area contributed by atoms with E-state index in [-0.39, 0.29) is 11.9 Å². The summed E-state index contributed by atoms with van der Waals surface area (Å²) in [5.41, 5.74) is 0.430. The van der Waals surface area contributed by atoms with Gasteiger partial charge in [0.1, 0.15) is 12.0 Å². The van der Waals surface area contributed by atoms with Gasteiger partial charge < -0.3 is 19.5 Å². The van der Waals surface area contributed by atoms with Gasteiger partial charge in [-0.3, -0.25) is 4.99 Å². The van der Waals surface area contributed by atoms with Gasteiger partial charge in [0, 0.05) is 45.4 Å². The predicted octanol–water partition coefficient (Wildman–Crippen LogP) is 0.657. The van der Waals surface area contributed by atoms with Crippen molar-refractivity contribution in [3.8, 4) is 0 Å². The number of ether oxygens (including phenoxy) is 1. The van der Waals surface area contributed by atoms with Gasteiger partial charge in [0.15, 0.2) is 5.96 Å². The normalized spacial score (nSPS) is 22.8.